The number of carbonyl (C=O) groups is 2. The molecule has 0 spiro atoms. The Kier molecular flexibility index (Phi) is 5.07. The number of aromatic amines is 1. The summed E-state index contributed by atoms with van der Waals surface area (Å²) in [6.45, 7) is 2.02. The van der Waals surface area contributed by atoms with Crippen molar-refractivity contribution in [1.29, 1.82) is 0 Å². The van der Waals surface area contributed by atoms with Crippen LogP contribution in [0.1, 0.15) is 29.0 Å². The Bertz CT molecular complexity index is 930. The molecule has 0 aliphatic rings. The van der Waals surface area contributed by atoms with Crippen LogP contribution in [0, 0.1) is 12.8 Å². The number of ether oxygens (including phenoxy) is 1. The van der Waals surface area contributed by atoms with Crippen molar-refractivity contribution in [2.24, 2.45) is 5.92 Å². The zero-order valence-corrected chi connectivity index (χ0v) is 14.7. The third kappa shape index (κ3) is 3.47. The maximum absolute atomic E-state index is 12.0. The maximum atomic E-state index is 12.0. The summed E-state index contributed by atoms with van der Waals surface area (Å²) < 4.78 is 4.71. The molecule has 5 nitrogen and oxygen atoms in total. The average molecular weight is 351 g/mol. The molecule has 0 aliphatic carbocycles. The number of hydrogen-bond donors (Lipinski definition) is 2. The van der Waals surface area contributed by atoms with Crippen LogP contribution in [0.4, 0.5) is 0 Å². The Hall–Kier alpha value is -3.08. The average Bonchev–Trinajstić information content (AvgIpc) is 3.05. The van der Waals surface area contributed by atoms with Crippen LogP contribution in [-0.2, 0) is 14.3 Å². The molecular formula is C21H21NO4. The van der Waals surface area contributed by atoms with Gasteiger partial charge in [-0.15, -0.1) is 0 Å². The molecule has 1 aromatic heterocycles. The van der Waals surface area contributed by atoms with Gasteiger partial charge in [0.2, 0.25) is 0 Å². The van der Waals surface area contributed by atoms with E-state index < -0.39 is 17.9 Å². The fourth-order valence-corrected chi connectivity index (χ4v) is 3.35. The minimum atomic E-state index is -1.22. The van der Waals surface area contributed by atoms with Crippen LogP contribution in [0.2, 0.25) is 0 Å². The number of aliphatic carboxylic acids is 1. The van der Waals surface area contributed by atoms with E-state index in [0.717, 1.165) is 27.6 Å². The van der Waals surface area contributed by atoms with Crippen molar-refractivity contribution in [2.75, 3.05) is 7.11 Å². The van der Waals surface area contributed by atoms with Crippen LogP contribution >= 0.6 is 0 Å². The van der Waals surface area contributed by atoms with Gasteiger partial charge in [0.25, 0.3) is 0 Å². The van der Waals surface area contributed by atoms with E-state index in [9.17, 15) is 14.7 Å². The molecule has 2 N–H and O–H groups in total. The standard InChI is InChI=1S/C21H21NO4/c1-13-8-9-19-16(10-13)18(12-22-19)15(14-6-4-3-5-7-14)11-17(20(23)24)21(25)26-2/h3-10,12,15,17,22H,11H2,1-2H3,(H,23,24). The van der Waals surface area contributed by atoms with E-state index in [1.165, 1.54) is 7.11 Å². The molecular weight excluding hydrogens is 330 g/mol. The predicted octanol–water partition coefficient (Wildman–Crippen LogP) is 3.87. The van der Waals surface area contributed by atoms with E-state index >= 15 is 0 Å². The topological polar surface area (TPSA) is 79.4 Å². The Balaban J connectivity index is 2.10. The highest BCUT2D eigenvalue weighted by Crippen LogP contribution is 2.36. The number of carboxylic acids is 1. The van der Waals surface area contributed by atoms with Gasteiger partial charge in [-0.25, -0.2) is 0 Å². The fourth-order valence-electron chi connectivity index (χ4n) is 3.35. The molecule has 26 heavy (non-hydrogen) atoms. The van der Waals surface area contributed by atoms with Crippen molar-refractivity contribution < 1.29 is 19.4 Å². The number of carboxylic acid groups (broad SMARTS) is 1. The first-order chi connectivity index (χ1) is 12.5. The molecule has 0 radical (unpaired) electrons. The van der Waals surface area contributed by atoms with Crippen LogP contribution < -0.4 is 0 Å². The highest BCUT2D eigenvalue weighted by molar-refractivity contribution is 5.94. The Labute approximate surface area is 151 Å². The van der Waals surface area contributed by atoms with Gasteiger partial charge in [0.15, 0.2) is 5.92 Å². The van der Waals surface area contributed by atoms with E-state index in [2.05, 4.69) is 11.1 Å². The first-order valence-electron chi connectivity index (χ1n) is 8.44. The second kappa shape index (κ2) is 7.44. The molecule has 1 heterocycles. The van der Waals surface area contributed by atoms with Gasteiger partial charge in [0.1, 0.15) is 0 Å². The smallest absolute Gasteiger partial charge is 0.320 e. The number of aromatic nitrogens is 1. The van der Waals surface area contributed by atoms with E-state index in [1.54, 1.807) is 0 Å². The molecule has 0 amide bonds. The maximum Gasteiger partial charge on any atom is 0.320 e. The molecule has 0 bridgehead atoms. The zero-order chi connectivity index (χ0) is 18.7. The lowest BCUT2D eigenvalue weighted by Gasteiger charge is -2.20. The van der Waals surface area contributed by atoms with Gasteiger partial charge in [-0.3, -0.25) is 9.59 Å². The van der Waals surface area contributed by atoms with Gasteiger partial charge in [0.05, 0.1) is 7.11 Å². The van der Waals surface area contributed by atoms with Crippen molar-refractivity contribution in [3.05, 3.63) is 71.4 Å². The fraction of sp³-hybridized carbons (Fsp3) is 0.238. The van der Waals surface area contributed by atoms with Crippen LogP contribution in [0.15, 0.2) is 54.7 Å². The second-order valence-corrected chi connectivity index (χ2v) is 6.41. The summed E-state index contributed by atoms with van der Waals surface area (Å²) in [4.78, 5) is 26.9. The molecule has 0 saturated heterocycles. The second-order valence-electron chi connectivity index (χ2n) is 6.41. The van der Waals surface area contributed by atoms with E-state index in [0.29, 0.717) is 0 Å². The van der Waals surface area contributed by atoms with Crippen molar-refractivity contribution >= 4 is 22.8 Å². The van der Waals surface area contributed by atoms with Gasteiger partial charge in [-0.2, -0.15) is 0 Å². The summed E-state index contributed by atoms with van der Waals surface area (Å²) in [5.74, 6) is -3.37. The minimum absolute atomic E-state index is 0.132. The number of carbonyl (C=O) groups excluding carboxylic acids is 1. The first-order valence-corrected chi connectivity index (χ1v) is 8.44. The lowest BCUT2D eigenvalue weighted by atomic mass is 9.83. The quantitative estimate of drug-likeness (QED) is 0.522. The number of benzene rings is 2. The molecule has 2 aromatic carbocycles. The molecule has 5 heteroatoms. The van der Waals surface area contributed by atoms with E-state index in [4.69, 9.17) is 4.74 Å². The molecule has 2 atom stereocenters. The molecule has 3 aromatic rings. The normalized spacial score (nSPS) is 13.3. The van der Waals surface area contributed by atoms with Crippen LogP contribution in [0.5, 0.6) is 0 Å². The van der Waals surface area contributed by atoms with Crippen LogP contribution in [0.25, 0.3) is 10.9 Å². The molecule has 134 valence electrons. The third-order valence-corrected chi connectivity index (χ3v) is 4.70. The summed E-state index contributed by atoms with van der Waals surface area (Å²) in [5.41, 5.74) is 4.04. The number of fused-ring (bicyclic) bond motifs is 1. The van der Waals surface area contributed by atoms with Crippen molar-refractivity contribution in [1.82, 2.24) is 4.98 Å². The summed E-state index contributed by atoms with van der Waals surface area (Å²) >= 11 is 0. The number of methoxy groups -OCH3 is 1. The van der Waals surface area contributed by atoms with E-state index in [-0.39, 0.29) is 12.3 Å². The molecule has 0 aliphatic heterocycles. The number of esters is 1. The van der Waals surface area contributed by atoms with Gasteiger partial charge < -0.3 is 14.8 Å². The molecule has 2 unspecified atom stereocenters. The largest absolute Gasteiger partial charge is 0.481 e. The highest BCUT2D eigenvalue weighted by Gasteiger charge is 2.32. The number of nitrogens with one attached hydrogen (secondary N) is 1. The number of aryl methyl sites for hydroxylation is 1. The van der Waals surface area contributed by atoms with Gasteiger partial charge in [0, 0.05) is 23.0 Å². The monoisotopic (exact) mass is 351 g/mol. The number of rotatable bonds is 6. The van der Waals surface area contributed by atoms with Crippen molar-refractivity contribution in [2.45, 2.75) is 19.3 Å². The Morgan fingerprint density at radius 2 is 1.88 bits per heavy atom. The van der Waals surface area contributed by atoms with Gasteiger partial charge >= 0.3 is 11.9 Å². The lowest BCUT2D eigenvalue weighted by molar-refractivity contribution is -0.157. The summed E-state index contributed by atoms with van der Waals surface area (Å²) in [6.07, 6.45) is 2.03. The summed E-state index contributed by atoms with van der Waals surface area (Å²) in [7, 11) is 1.21. The highest BCUT2D eigenvalue weighted by atomic mass is 16.5. The Morgan fingerprint density at radius 3 is 2.54 bits per heavy atom. The van der Waals surface area contributed by atoms with Gasteiger partial charge in [-0.1, -0.05) is 42.0 Å². The third-order valence-electron chi connectivity index (χ3n) is 4.70. The summed E-state index contributed by atoms with van der Waals surface area (Å²) in [5, 5.41) is 10.6. The Morgan fingerprint density at radius 1 is 1.15 bits per heavy atom. The number of H-pyrrole nitrogens is 1. The molecule has 0 fully saturated rings. The zero-order valence-electron chi connectivity index (χ0n) is 14.7. The predicted molar refractivity (Wildman–Crippen MR) is 99.1 cm³/mol. The number of hydrogen-bond acceptors (Lipinski definition) is 3. The van der Waals surface area contributed by atoms with Crippen LogP contribution in [0.3, 0.4) is 0 Å². The van der Waals surface area contributed by atoms with E-state index in [1.807, 2.05) is 55.6 Å². The molecule has 3 rings (SSSR count). The van der Waals surface area contributed by atoms with Crippen molar-refractivity contribution in [3.63, 3.8) is 0 Å². The minimum Gasteiger partial charge on any atom is -0.481 e. The van der Waals surface area contributed by atoms with Crippen LogP contribution in [-0.4, -0.2) is 29.1 Å². The SMILES string of the molecule is COC(=O)C(CC(c1ccccc1)c1c[nH]c2ccc(C)cc12)C(=O)O. The molecule has 0 saturated carbocycles. The summed E-state index contributed by atoms with van der Waals surface area (Å²) in [6, 6.07) is 15.7. The van der Waals surface area contributed by atoms with Gasteiger partial charge in [-0.05, 0) is 36.6 Å². The van der Waals surface area contributed by atoms with Crippen molar-refractivity contribution in [3.8, 4) is 0 Å². The lowest BCUT2D eigenvalue weighted by Crippen LogP contribution is -2.27. The first kappa shape index (κ1) is 17.7.